The van der Waals surface area contributed by atoms with Gasteiger partial charge in [0, 0.05) is 18.2 Å². The third-order valence-corrected chi connectivity index (χ3v) is 3.26. The minimum atomic E-state index is -0.149. The molecule has 0 aromatic carbocycles. The third kappa shape index (κ3) is 4.62. The second-order valence-corrected chi connectivity index (χ2v) is 6.14. The predicted molar refractivity (Wildman–Crippen MR) is 93.5 cm³/mol. The highest BCUT2D eigenvalue weighted by atomic mass is 16.2. The second-order valence-electron chi connectivity index (χ2n) is 6.14. The predicted octanol–water partition coefficient (Wildman–Crippen LogP) is 2.88. The second kappa shape index (κ2) is 7.68. The van der Waals surface area contributed by atoms with Gasteiger partial charge in [-0.1, -0.05) is 13.8 Å². The van der Waals surface area contributed by atoms with Gasteiger partial charge in [-0.3, -0.25) is 19.6 Å². The van der Waals surface area contributed by atoms with Gasteiger partial charge in [0.15, 0.2) is 0 Å². The molecule has 0 aliphatic carbocycles. The fourth-order valence-corrected chi connectivity index (χ4v) is 1.93. The normalized spacial score (nSPS) is 10.8. The monoisotopic (exact) mass is 326 g/mol. The molecule has 0 saturated carbocycles. The van der Waals surface area contributed by atoms with Crippen LogP contribution in [0, 0.1) is 5.92 Å². The Hall–Kier alpha value is -2.76. The summed E-state index contributed by atoms with van der Waals surface area (Å²) in [6, 6.07) is 7.11. The van der Waals surface area contributed by atoms with Crippen LogP contribution in [0.15, 0.2) is 36.7 Å². The highest BCUT2D eigenvalue weighted by molar-refractivity contribution is 5.94. The average molecular weight is 326 g/mol. The van der Waals surface area contributed by atoms with Crippen LogP contribution in [-0.4, -0.2) is 27.8 Å². The van der Waals surface area contributed by atoms with E-state index < -0.39 is 0 Å². The minimum absolute atomic E-state index is 0.0526. The van der Waals surface area contributed by atoms with Crippen molar-refractivity contribution >= 4 is 17.5 Å². The number of anilines is 1. The molecule has 2 aromatic heterocycles. The highest BCUT2D eigenvalue weighted by Crippen LogP contribution is 2.17. The van der Waals surface area contributed by atoms with Crippen molar-refractivity contribution in [3.8, 4) is 11.4 Å². The van der Waals surface area contributed by atoms with Crippen molar-refractivity contribution in [3.63, 3.8) is 0 Å². The molecule has 2 N–H and O–H groups in total. The lowest BCUT2D eigenvalue weighted by molar-refractivity contribution is -0.118. The molecule has 24 heavy (non-hydrogen) atoms. The first-order valence-electron chi connectivity index (χ1n) is 7.91. The highest BCUT2D eigenvalue weighted by Gasteiger charge is 2.10. The van der Waals surface area contributed by atoms with Crippen LogP contribution >= 0.6 is 0 Å². The van der Waals surface area contributed by atoms with Gasteiger partial charge in [-0.05, 0) is 38.1 Å². The quantitative estimate of drug-likeness (QED) is 0.885. The van der Waals surface area contributed by atoms with Gasteiger partial charge < -0.3 is 10.6 Å². The van der Waals surface area contributed by atoms with Crippen molar-refractivity contribution in [1.29, 1.82) is 0 Å². The number of nitrogens with one attached hydrogen (secondary N) is 2. The number of hydrogen-bond acceptors (Lipinski definition) is 4. The van der Waals surface area contributed by atoms with Crippen molar-refractivity contribution in [2.24, 2.45) is 5.92 Å². The number of aromatic nitrogens is 2. The molecule has 6 heteroatoms. The van der Waals surface area contributed by atoms with Crippen LogP contribution < -0.4 is 10.6 Å². The van der Waals surface area contributed by atoms with E-state index in [1.165, 1.54) is 6.20 Å². The summed E-state index contributed by atoms with van der Waals surface area (Å²) in [5, 5.41) is 5.61. The fraction of sp³-hybridized carbons (Fsp3) is 0.333. The molecule has 0 saturated heterocycles. The smallest absolute Gasteiger partial charge is 0.253 e. The van der Waals surface area contributed by atoms with E-state index in [1.807, 2.05) is 27.7 Å². The van der Waals surface area contributed by atoms with Crippen LogP contribution in [0.25, 0.3) is 11.4 Å². The Labute approximate surface area is 141 Å². The van der Waals surface area contributed by atoms with Crippen LogP contribution in [0.5, 0.6) is 0 Å². The van der Waals surface area contributed by atoms with E-state index in [0.717, 1.165) is 0 Å². The number of hydrogen-bond donors (Lipinski definition) is 2. The molecule has 0 atom stereocenters. The Kier molecular flexibility index (Phi) is 5.63. The van der Waals surface area contributed by atoms with Gasteiger partial charge in [0.05, 0.1) is 28.8 Å². The van der Waals surface area contributed by atoms with Crippen molar-refractivity contribution < 1.29 is 9.59 Å². The van der Waals surface area contributed by atoms with Gasteiger partial charge in [0.1, 0.15) is 0 Å². The van der Waals surface area contributed by atoms with E-state index in [0.29, 0.717) is 22.6 Å². The topological polar surface area (TPSA) is 84.0 Å². The van der Waals surface area contributed by atoms with Gasteiger partial charge in [0.2, 0.25) is 5.91 Å². The average Bonchev–Trinajstić information content (AvgIpc) is 2.55. The Bertz CT molecular complexity index is 707. The maximum atomic E-state index is 11.9. The van der Waals surface area contributed by atoms with E-state index >= 15 is 0 Å². The van der Waals surface area contributed by atoms with Crippen LogP contribution in [0.4, 0.5) is 5.69 Å². The number of nitrogens with zero attached hydrogens (tertiary/aromatic N) is 2. The minimum Gasteiger partial charge on any atom is -0.350 e. The summed E-state index contributed by atoms with van der Waals surface area (Å²) < 4.78 is 0. The molecule has 2 rings (SSSR count). The summed E-state index contributed by atoms with van der Waals surface area (Å²) in [6.45, 7) is 7.47. The van der Waals surface area contributed by atoms with Crippen molar-refractivity contribution in [2.45, 2.75) is 33.7 Å². The first kappa shape index (κ1) is 17.6. The summed E-state index contributed by atoms with van der Waals surface area (Å²) in [4.78, 5) is 32.1. The molecule has 126 valence electrons. The van der Waals surface area contributed by atoms with Gasteiger partial charge in [-0.25, -0.2) is 0 Å². The summed E-state index contributed by atoms with van der Waals surface area (Å²) in [6.07, 6.45) is 3.12. The lowest BCUT2D eigenvalue weighted by Crippen LogP contribution is -2.30. The Morgan fingerprint density at radius 2 is 1.54 bits per heavy atom. The molecule has 0 bridgehead atoms. The molecule has 0 fully saturated rings. The molecule has 2 amide bonds. The fourth-order valence-electron chi connectivity index (χ4n) is 1.93. The van der Waals surface area contributed by atoms with Crippen molar-refractivity contribution in [2.75, 3.05) is 5.32 Å². The molecule has 6 nitrogen and oxygen atoms in total. The van der Waals surface area contributed by atoms with Crippen LogP contribution in [0.3, 0.4) is 0 Å². The van der Waals surface area contributed by atoms with Gasteiger partial charge >= 0.3 is 0 Å². The number of amides is 2. The standard InChI is InChI=1S/C18H22N4O2/c1-11(2)17(23)22-14-6-8-16(20-10-14)15-7-5-13(9-19-15)18(24)21-12(3)4/h5-12H,1-4H3,(H,21,24)(H,22,23). The Morgan fingerprint density at radius 1 is 0.917 bits per heavy atom. The van der Waals surface area contributed by atoms with E-state index in [2.05, 4.69) is 20.6 Å². The van der Waals surface area contributed by atoms with E-state index in [1.54, 1.807) is 30.5 Å². The first-order chi connectivity index (χ1) is 11.4. The van der Waals surface area contributed by atoms with E-state index in [4.69, 9.17) is 0 Å². The molecule has 0 radical (unpaired) electrons. The first-order valence-corrected chi connectivity index (χ1v) is 7.91. The lowest BCUT2D eigenvalue weighted by atomic mass is 10.2. The number of pyridine rings is 2. The Morgan fingerprint density at radius 3 is 2.00 bits per heavy atom. The maximum absolute atomic E-state index is 11.9. The van der Waals surface area contributed by atoms with Crippen LogP contribution in [0.2, 0.25) is 0 Å². The van der Waals surface area contributed by atoms with Crippen LogP contribution in [0.1, 0.15) is 38.1 Å². The number of carbonyl (C=O) groups excluding carboxylic acids is 2. The number of carbonyl (C=O) groups is 2. The zero-order chi connectivity index (χ0) is 17.7. The zero-order valence-electron chi connectivity index (χ0n) is 14.3. The number of rotatable bonds is 5. The SMILES string of the molecule is CC(C)NC(=O)c1ccc(-c2ccc(NC(=O)C(C)C)cn2)nc1. The molecule has 2 heterocycles. The van der Waals surface area contributed by atoms with Gasteiger partial charge in [0.25, 0.3) is 5.91 Å². The maximum Gasteiger partial charge on any atom is 0.253 e. The van der Waals surface area contributed by atoms with Crippen LogP contribution in [-0.2, 0) is 4.79 Å². The Balaban J connectivity index is 2.09. The summed E-state index contributed by atoms with van der Waals surface area (Å²) >= 11 is 0. The van der Waals surface area contributed by atoms with E-state index in [9.17, 15) is 9.59 Å². The molecule has 2 aromatic rings. The van der Waals surface area contributed by atoms with Crippen molar-refractivity contribution in [1.82, 2.24) is 15.3 Å². The van der Waals surface area contributed by atoms with Crippen molar-refractivity contribution in [3.05, 3.63) is 42.2 Å². The zero-order valence-corrected chi connectivity index (χ0v) is 14.3. The van der Waals surface area contributed by atoms with Gasteiger partial charge in [-0.2, -0.15) is 0 Å². The van der Waals surface area contributed by atoms with Gasteiger partial charge in [-0.15, -0.1) is 0 Å². The molecule has 0 spiro atoms. The molecule has 0 unspecified atom stereocenters. The third-order valence-electron chi connectivity index (χ3n) is 3.26. The summed E-state index contributed by atoms with van der Waals surface area (Å²) in [7, 11) is 0. The summed E-state index contributed by atoms with van der Waals surface area (Å²) in [5.74, 6) is -0.289. The molecule has 0 aliphatic rings. The molecule has 0 aliphatic heterocycles. The molecular weight excluding hydrogens is 304 g/mol. The molecular formula is C18H22N4O2. The largest absolute Gasteiger partial charge is 0.350 e. The summed E-state index contributed by atoms with van der Waals surface area (Å²) in [5.41, 5.74) is 2.49. The van der Waals surface area contributed by atoms with E-state index in [-0.39, 0.29) is 23.8 Å². The lowest BCUT2D eigenvalue weighted by Gasteiger charge is -2.09.